The average molecular weight is 362 g/mol. The van der Waals surface area contributed by atoms with Crippen LogP contribution < -0.4 is 5.32 Å². The topological polar surface area (TPSA) is 115 Å². The molecule has 0 fully saturated rings. The lowest BCUT2D eigenvalue weighted by Crippen LogP contribution is -1.98. The van der Waals surface area contributed by atoms with Crippen LogP contribution in [0, 0.1) is 20.2 Å². The standard InChI is InChI=1S/C16H12ClN3O5/c1-18-13-6-2-10(8-15(13)20(24)25)3-7-16(21)11-4-5-12(17)14(9-11)19(22)23/h2-9,18H,1H3/b7-3+. The van der Waals surface area contributed by atoms with E-state index in [2.05, 4.69) is 5.32 Å². The smallest absolute Gasteiger partial charge is 0.292 e. The van der Waals surface area contributed by atoms with Gasteiger partial charge in [-0.15, -0.1) is 0 Å². The van der Waals surface area contributed by atoms with Gasteiger partial charge in [-0.25, -0.2) is 0 Å². The van der Waals surface area contributed by atoms with E-state index >= 15 is 0 Å². The molecule has 0 atom stereocenters. The predicted molar refractivity (Wildman–Crippen MR) is 94.1 cm³/mol. The van der Waals surface area contributed by atoms with Crippen molar-refractivity contribution < 1.29 is 14.6 Å². The third kappa shape index (κ3) is 4.18. The Hall–Kier alpha value is -3.26. The molecule has 0 saturated heterocycles. The highest BCUT2D eigenvalue weighted by atomic mass is 35.5. The van der Waals surface area contributed by atoms with Crippen molar-refractivity contribution in [2.24, 2.45) is 0 Å². The molecule has 2 aromatic carbocycles. The van der Waals surface area contributed by atoms with Crippen LogP contribution >= 0.6 is 11.6 Å². The summed E-state index contributed by atoms with van der Waals surface area (Å²) in [4.78, 5) is 32.8. The number of nitro benzene ring substituents is 2. The number of anilines is 1. The molecule has 0 aliphatic carbocycles. The molecule has 0 aromatic heterocycles. The summed E-state index contributed by atoms with van der Waals surface area (Å²) in [6.45, 7) is 0. The molecule has 8 nitrogen and oxygen atoms in total. The Morgan fingerprint density at radius 1 is 1.08 bits per heavy atom. The molecule has 2 aromatic rings. The van der Waals surface area contributed by atoms with Gasteiger partial charge in [-0.2, -0.15) is 0 Å². The number of rotatable bonds is 6. The van der Waals surface area contributed by atoms with Crippen LogP contribution in [0.25, 0.3) is 6.08 Å². The van der Waals surface area contributed by atoms with Gasteiger partial charge in [-0.1, -0.05) is 23.7 Å². The van der Waals surface area contributed by atoms with Crippen molar-refractivity contribution >= 4 is 40.5 Å². The highest BCUT2D eigenvalue weighted by molar-refractivity contribution is 6.32. The zero-order valence-electron chi connectivity index (χ0n) is 12.9. The summed E-state index contributed by atoms with van der Waals surface area (Å²) in [6, 6.07) is 8.17. The van der Waals surface area contributed by atoms with E-state index in [0.29, 0.717) is 11.3 Å². The fourth-order valence-corrected chi connectivity index (χ4v) is 2.28. The number of benzene rings is 2. The van der Waals surface area contributed by atoms with E-state index in [1.807, 2.05) is 0 Å². The number of hydrogen-bond donors (Lipinski definition) is 1. The van der Waals surface area contributed by atoms with Gasteiger partial charge in [0.1, 0.15) is 10.7 Å². The number of allylic oxidation sites excluding steroid dienone is 1. The van der Waals surface area contributed by atoms with E-state index in [1.54, 1.807) is 13.1 Å². The maximum Gasteiger partial charge on any atom is 0.292 e. The lowest BCUT2D eigenvalue weighted by atomic mass is 10.1. The molecule has 0 saturated carbocycles. The monoisotopic (exact) mass is 361 g/mol. The molecule has 0 spiro atoms. The summed E-state index contributed by atoms with van der Waals surface area (Å²) in [7, 11) is 1.56. The van der Waals surface area contributed by atoms with Crippen LogP contribution in [0.4, 0.5) is 17.1 Å². The number of hydrogen-bond acceptors (Lipinski definition) is 6. The molecule has 0 aliphatic rings. The van der Waals surface area contributed by atoms with Crippen LogP contribution in [-0.2, 0) is 0 Å². The van der Waals surface area contributed by atoms with Gasteiger partial charge in [0.05, 0.1) is 9.85 Å². The van der Waals surface area contributed by atoms with Crippen molar-refractivity contribution in [3.05, 3.63) is 78.9 Å². The Labute approximate surface area is 147 Å². The van der Waals surface area contributed by atoms with Gasteiger partial charge in [-0.3, -0.25) is 25.0 Å². The summed E-state index contributed by atoms with van der Waals surface area (Å²) in [5, 5.41) is 24.5. The van der Waals surface area contributed by atoms with Crippen LogP contribution in [0.5, 0.6) is 0 Å². The number of nitro groups is 2. The number of nitrogens with zero attached hydrogens (tertiary/aromatic N) is 2. The highest BCUT2D eigenvalue weighted by Crippen LogP contribution is 2.27. The van der Waals surface area contributed by atoms with Gasteiger partial charge >= 0.3 is 0 Å². The van der Waals surface area contributed by atoms with E-state index < -0.39 is 15.6 Å². The first-order valence-electron chi connectivity index (χ1n) is 6.96. The molecule has 2 rings (SSSR count). The zero-order chi connectivity index (χ0) is 18.6. The second-order valence-electron chi connectivity index (χ2n) is 4.90. The first-order chi connectivity index (χ1) is 11.8. The van der Waals surface area contributed by atoms with Crippen LogP contribution in [0.1, 0.15) is 15.9 Å². The lowest BCUT2D eigenvalue weighted by molar-refractivity contribution is -0.384. The third-order valence-electron chi connectivity index (χ3n) is 3.34. The second kappa shape index (κ2) is 7.54. The summed E-state index contributed by atoms with van der Waals surface area (Å²) < 4.78 is 0. The van der Waals surface area contributed by atoms with Crippen molar-refractivity contribution in [1.29, 1.82) is 0 Å². The Kier molecular flexibility index (Phi) is 5.45. The van der Waals surface area contributed by atoms with Crippen molar-refractivity contribution in [1.82, 2.24) is 0 Å². The molecule has 0 bridgehead atoms. The van der Waals surface area contributed by atoms with Crippen molar-refractivity contribution in [2.45, 2.75) is 0 Å². The average Bonchev–Trinajstić information content (AvgIpc) is 2.59. The predicted octanol–water partition coefficient (Wildman–Crippen LogP) is 4.09. The highest BCUT2D eigenvalue weighted by Gasteiger charge is 2.15. The molecule has 128 valence electrons. The van der Waals surface area contributed by atoms with Crippen LogP contribution in [-0.4, -0.2) is 22.7 Å². The quantitative estimate of drug-likeness (QED) is 0.358. The summed E-state index contributed by atoms with van der Waals surface area (Å²) in [6.07, 6.45) is 2.58. The Morgan fingerprint density at radius 3 is 2.36 bits per heavy atom. The fraction of sp³-hybridized carbons (Fsp3) is 0.0625. The summed E-state index contributed by atoms with van der Waals surface area (Å²) in [5.74, 6) is -0.486. The molecular weight excluding hydrogens is 350 g/mol. The number of carbonyl (C=O) groups is 1. The molecule has 0 unspecified atom stereocenters. The van der Waals surface area contributed by atoms with E-state index in [-0.39, 0.29) is 22.0 Å². The van der Waals surface area contributed by atoms with Gasteiger partial charge in [0.15, 0.2) is 5.78 Å². The number of carbonyl (C=O) groups excluding carboxylic acids is 1. The largest absolute Gasteiger partial charge is 0.383 e. The Balaban J connectivity index is 2.29. The van der Waals surface area contributed by atoms with Crippen molar-refractivity contribution in [2.75, 3.05) is 12.4 Å². The normalized spacial score (nSPS) is 10.6. The maximum absolute atomic E-state index is 12.1. The fourth-order valence-electron chi connectivity index (χ4n) is 2.09. The summed E-state index contributed by atoms with van der Waals surface area (Å²) >= 11 is 5.70. The minimum absolute atomic E-state index is 0.0659. The van der Waals surface area contributed by atoms with Gasteiger partial charge in [-0.05, 0) is 29.8 Å². The molecule has 1 N–H and O–H groups in total. The van der Waals surface area contributed by atoms with Gasteiger partial charge in [0.2, 0.25) is 0 Å². The van der Waals surface area contributed by atoms with Crippen molar-refractivity contribution in [3.8, 4) is 0 Å². The zero-order valence-corrected chi connectivity index (χ0v) is 13.7. The molecule has 9 heteroatoms. The Bertz CT molecular complexity index is 895. The van der Waals surface area contributed by atoms with Crippen molar-refractivity contribution in [3.63, 3.8) is 0 Å². The van der Waals surface area contributed by atoms with Crippen LogP contribution in [0.3, 0.4) is 0 Å². The summed E-state index contributed by atoms with van der Waals surface area (Å²) in [5.41, 5.74) is 0.396. The van der Waals surface area contributed by atoms with E-state index in [1.165, 1.54) is 36.4 Å². The van der Waals surface area contributed by atoms with Gasteiger partial charge in [0.25, 0.3) is 11.4 Å². The molecule has 0 aliphatic heterocycles. The SMILES string of the molecule is CNc1ccc(/C=C/C(=O)c2ccc(Cl)c([N+](=O)[O-])c2)cc1[N+](=O)[O-]. The van der Waals surface area contributed by atoms with Crippen LogP contribution in [0.2, 0.25) is 5.02 Å². The minimum Gasteiger partial charge on any atom is -0.383 e. The number of nitrogens with one attached hydrogen (secondary N) is 1. The lowest BCUT2D eigenvalue weighted by Gasteiger charge is -2.02. The van der Waals surface area contributed by atoms with E-state index in [9.17, 15) is 25.0 Å². The van der Waals surface area contributed by atoms with Gasteiger partial charge < -0.3 is 5.32 Å². The number of ketones is 1. The Morgan fingerprint density at radius 2 is 1.76 bits per heavy atom. The molecule has 0 radical (unpaired) electrons. The first kappa shape index (κ1) is 18.1. The second-order valence-corrected chi connectivity index (χ2v) is 5.31. The minimum atomic E-state index is -0.678. The molecule has 25 heavy (non-hydrogen) atoms. The molecule has 0 amide bonds. The van der Waals surface area contributed by atoms with E-state index in [0.717, 1.165) is 6.07 Å². The van der Waals surface area contributed by atoms with Crippen LogP contribution in [0.15, 0.2) is 42.5 Å². The number of halogens is 1. The third-order valence-corrected chi connectivity index (χ3v) is 3.66. The van der Waals surface area contributed by atoms with Gasteiger partial charge in [0, 0.05) is 24.7 Å². The maximum atomic E-state index is 12.1. The molecular formula is C16H12ClN3O5. The van der Waals surface area contributed by atoms with E-state index in [4.69, 9.17) is 11.6 Å². The molecule has 0 heterocycles. The first-order valence-corrected chi connectivity index (χ1v) is 7.34.